The van der Waals surface area contributed by atoms with Gasteiger partial charge in [-0.05, 0) is 13.8 Å². The molecular weight excluding hydrogens is 246 g/mol. The van der Waals surface area contributed by atoms with Crippen molar-refractivity contribution in [2.24, 2.45) is 5.41 Å². The molecule has 6 heteroatoms. The third-order valence-electron chi connectivity index (χ3n) is 3.57. The summed E-state index contributed by atoms with van der Waals surface area (Å²) >= 11 is 0. The number of hydrogen-bond donors (Lipinski definition) is 0. The van der Waals surface area contributed by atoms with Crippen LogP contribution in [0, 0.1) is 5.41 Å². The van der Waals surface area contributed by atoms with Gasteiger partial charge in [0.15, 0.2) is 5.79 Å². The topological polar surface area (TPSA) is 64.6 Å². The second-order valence-corrected chi connectivity index (χ2v) is 5.73. The molecule has 0 aromatic carbocycles. The molecule has 19 heavy (non-hydrogen) atoms. The van der Waals surface area contributed by atoms with E-state index in [2.05, 4.69) is 9.97 Å². The minimum Gasteiger partial charge on any atom is -0.350 e. The first-order valence-corrected chi connectivity index (χ1v) is 6.33. The quantitative estimate of drug-likeness (QED) is 0.746. The summed E-state index contributed by atoms with van der Waals surface area (Å²) in [6.07, 6.45) is 4.57. The number of carbonyl (C=O) groups is 1. The summed E-state index contributed by atoms with van der Waals surface area (Å²) in [5.74, 6) is -0.593. The number of nitrogens with zero attached hydrogens (tertiary/aromatic N) is 3. The van der Waals surface area contributed by atoms with Crippen molar-refractivity contribution in [2.75, 3.05) is 26.3 Å². The molecule has 1 amide bonds. The van der Waals surface area contributed by atoms with Gasteiger partial charge in [0.25, 0.3) is 5.91 Å². The Balaban J connectivity index is 1.60. The van der Waals surface area contributed by atoms with E-state index < -0.39 is 5.79 Å². The van der Waals surface area contributed by atoms with E-state index in [0.29, 0.717) is 32.0 Å². The van der Waals surface area contributed by atoms with E-state index in [-0.39, 0.29) is 11.3 Å². The van der Waals surface area contributed by atoms with Crippen molar-refractivity contribution in [3.63, 3.8) is 0 Å². The summed E-state index contributed by atoms with van der Waals surface area (Å²) < 4.78 is 11.3. The molecule has 0 N–H and O–H groups in total. The number of hydrogen-bond acceptors (Lipinski definition) is 5. The summed E-state index contributed by atoms with van der Waals surface area (Å²) in [6, 6.07) is 0. The van der Waals surface area contributed by atoms with Gasteiger partial charge in [0.1, 0.15) is 5.69 Å². The Hall–Kier alpha value is -1.53. The molecular formula is C13H17N3O3. The zero-order valence-corrected chi connectivity index (χ0v) is 11.1. The first-order valence-electron chi connectivity index (χ1n) is 6.33. The first-order chi connectivity index (χ1) is 9.00. The highest BCUT2D eigenvalue weighted by Crippen LogP contribution is 2.37. The van der Waals surface area contributed by atoms with Crippen molar-refractivity contribution >= 4 is 5.91 Å². The lowest BCUT2D eigenvalue weighted by Crippen LogP contribution is -2.65. The minimum atomic E-state index is -0.513. The van der Waals surface area contributed by atoms with Gasteiger partial charge < -0.3 is 14.4 Å². The fourth-order valence-electron chi connectivity index (χ4n) is 2.40. The van der Waals surface area contributed by atoms with Crippen LogP contribution in [0.1, 0.15) is 24.3 Å². The zero-order chi connectivity index (χ0) is 13.5. The van der Waals surface area contributed by atoms with Crippen molar-refractivity contribution in [1.82, 2.24) is 14.9 Å². The van der Waals surface area contributed by atoms with Gasteiger partial charge in [-0.25, -0.2) is 4.98 Å². The van der Waals surface area contributed by atoms with Gasteiger partial charge in [0.2, 0.25) is 0 Å². The smallest absolute Gasteiger partial charge is 0.274 e. The lowest BCUT2D eigenvalue weighted by molar-refractivity contribution is -0.301. The van der Waals surface area contributed by atoms with Gasteiger partial charge in [-0.1, -0.05) is 0 Å². The van der Waals surface area contributed by atoms with E-state index in [1.807, 2.05) is 13.8 Å². The molecule has 1 aromatic heterocycles. The van der Waals surface area contributed by atoms with E-state index in [4.69, 9.17) is 9.47 Å². The van der Waals surface area contributed by atoms with E-state index in [1.165, 1.54) is 12.4 Å². The second-order valence-electron chi connectivity index (χ2n) is 5.73. The third kappa shape index (κ3) is 2.33. The predicted molar refractivity (Wildman–Crippen MR) is 66.4 cm³/mol. The lowest BCUT2D eigenvalue weighted by atomic mass is 9.80. The summed E-state index contributed by atoms with van der Waals surface area (Å²) in [6.45, 7) is 6.37. The molecule has 0 atom stereocenters. The summed E-state index contributed by atoms with van der Waals surface area (Å²) in [5.41, 5.74) is 0.336. The molecule has 0 bridgehead atoms. The first kappa shape index (κ1) is 12.5. The molecule has 2 aliphatic rings. The molecule has 1 aromatic rings. The van der Waals surface area contributed by atoms with Gasteiger partial charge >= 0.3 is 0 Å². The van der Waals surface area contributed by atoms with Gasteiger partial charge in [-0.3, -0.25) is 9.78 Å². The Morgan fingerprint density at radius 3 is 2.53 bits per heavy atom. The molecule has 3 rings (SSSR count). The largest absolute Gasteiger partial charge is 0.350 e. The number of ether oxygens (including phenoxy) is 2. The fourth-order valence-corrected chi connectivity index (χ4v) is 2.40. The van der Waals surface area contributed by atoms with Gasteiger partial charge in [-0.15, -0.1) is 0 Å². The number of carbonyl (C=O) groups excluding carboxylic acids is 1. The Kier molecular flexibility index (Phi) is 2.79. The number of rotatable bonds is 1. The Bertz CT molecular complexity index is 471. The normalized spacial score (nSPS) is 24.0. The van der Waals surface area contributed by atoms with Crippen LogP contribution in [-0.4, -0.2) is 52.9 Å². The Morgan fingerprint density at radius 2 is 1.95 bits per heavy atom. The summed E-state index contributed by atoms with van der Waals surface area (Å²) in [4.78, 5) is 21.8. The molecule has 2 aliphatic heterocycles. The highest BCUT2D eigenvalue weighted by molar-refractivity contribution is 5.92. The van der Waals surface area contributed by atoms with Crippen LogP contribution in [0.5, 0.6) is 0 Å². The lowest BCUT2D eigenvalue weighted by Gasteiger charge is -2.53. The molecule has 2 saturated heterocycles. The number of amides is 1. The highest BCUT2D eigenvalue weighted by atomic mass is 16.7. The van der Waals surface area contributed by atoms with Gasteiger partial charge in [0, 0.05) is 25.5 Å². The molecule has 0 aliphatic carbocycles. The van der Waals surface area contributed by atoms with Crippen molar-refractivity contribution in [3.05, 3.63) is 24.3 Å². The maximum absolute atomic E-state index is 12.1. The fraction of sp³-hybridized carbons (Fsp3) is 0.615. The molecule has 2 fully saturated rings. The highest BCUT2D eigenvalue weighted by Gasteiger charge is 2.50. The van der Waals surface area contributed by atoms with Crippen LogP contribution in [0.25, 0.3) is 0 Å². The van der Waals surface area contributed by atoms with Gasteiger partial charge in [0.05, 0.1) is 24.8 Å². The average Bonchev–Trinajstić information content (AvgIpc) is 2.37. The molecule has 6 nitrogen and oxygen atoms in total. The van der Waals surface area contributed by atoms with E-state index in [1.54, 1.807) is 11.1 Å². The van der Waals surface area contributed by atoms with Crippen LogP contribution in [-0.2, 0) is 9.47 Å². The minimum absolute atomic E-state index is 0.0482. The van der Waals surface area contributed by atoms with E-state index in [9.17, 15) is 4.79 Å². The molecule has 1 spiro atoms. The molecule has 3 heterocycles. The molecule has 0 radical (unpaired) electrons. The van der Waals surface area contributed by atoms with Crippen LogP contribution >= 0.6 is 0 Å². The second kappa shape index (κ2) is 4.25. The monoisotopic (exact) mass is 263 g/mol. The van der Waals surface area contributed by atoms with Crippen molar-refractivity contribution in [3.8, 4) is 0 Å². The number of likely N-dealkylation sites (tertiary alicyclic amines) is 1. The van der Waals surface area contributed by atoms with Crippen molar-refractivity contribution in [1.29, 1.82) is 0 Å². The van der Waals surface area contributed by atoms with Crippen LogP contribution in [0.4, 0.5) is 0 Å². The Morgan fingerprint density at radius 1 is 1.26 bits per heavy atom. The van der Waals surface area contributed by atoms with Crippen LogP contribution in [0.2, 0.25) is 0 Å². The SMILES string of the molecule is CC1(C)OCC2(CO1)CN(C(=O)c1cnccn1)C2. The average molecular weight is 263 g/mol. The van der Waals surface area contributed by atoms with Crippen LogP contribution in [0.3, 0.4) is 0 Å². The van der Waals surface area contributed by atoms with Gasteiger partial charge in [-0.2, -0.15) is 0 Å². The summed E-state index contributed by atoms with van der Waals surface area (Å²) in [5, 5.41) is 0. The Labute approximate surface area is 111 Å². The van der Waals surface area contributed by atoms with E-state index in [0.717, 1.165) is 0 Å². The standard InChI is InChI=1S/C13H17N3O3/c1-12(2)18-8-13(9-19-12)6-16(7-13)11(17)10-5-14-3-4-15-10/h3-5H,6-9H2,1-2H3. The van der Waals surface area contributed by atoms with Crippen LogP contribution in [0.15, 0.2) is 18.6 Å². The maximum atomic E-state index is 12.1. The molecule has 102 valence electrons. The third-order valence-corrected chi connectivity index (χ3v) is 3.57. The predicted octanol–water partition coefficient (Wildman–Crippen LogP) is 0.702. The molecule has 0 saturated carbocycles. The van der Waals surface area contributed by atoms with E-state index >= 15 is 0 Å². The van der Waals surface area contributed by atoms with Crippen molar-refractivity contribution < 1.29 is 14.3 Å². The van der Waals surface area contributed by atoms with Crippen molar-refractivity contribution in [2.45, 2.75) is 19.6 Å². The summed E-state index contributed by atoms with van der Waals surface area (Å²) in [7, 11) is 0. The maximum Gasteiger partial charge on any atom is 0.274 e. The molecule has 0 unspecified atom stereocenters. The zero-order valence-electron chi connectivity index (χ0n) is 11.1. The number of aromatic nitrogens is 2. The van der Waals surface area contributed by atoms with Crippen LogP contribution < -0.4 is 0 Å².